The monoisotopic (exact) mass is 318 g/mol. The van der Waals surface area contributed by atoms with Gasteiger partial charge in [0.2, 0.25) is 0 Å². The van der Waals surface area contributed by atoms with Crippen LogP contribution in [0.15, 0.2) is 47.1 Å². The molecule has 0 fully saturated rings. The van der Waals surface area contributed by atoms with E-state index in [-0.39, 0.29) is 5.84 Å². The molecule has 19 heavy (non-hydrogen) atoms. The van der Waals surface area contributed by atoms with Crippen LogP contribution in [0.5, 0.6) is 0 Å². The van der Waals surface area contributed by atoms with Crippen LogP contribution in [0.2, 0.25) is 0 Å². The maximum atomic E-state index is 7.33. The molecule has 0 saturated carbocycles. The summed E-state index contributed by atoms with van der Waals surface area (Å²) in [6.45, 7) is 0.777. The van der Waals surface area contributed by atoms with E-state index in [1.165, 1.54) is 5.56 Å². The van der Waals surface area contributed by atoms with Crippen LogP contribution in [0, 0.1) is 5.41 Å². The zero-order valence-electron chi connectivity index (χ0n) is 10.6. The number of pyridine rings is 1. The Labute approximate surface area is 120 Å². The minimum atomic E-state index is 0.0367. The van der Waals surface area contributed by atoms with Gasteiger partial charge < -0.3 is 10.6 Å². The zero-order chi connectivity index (χ0) is 13.8. The van der Waals surface area contributed by atoms with Gasteiger partial charge in [0, 0.05) is 29.8 Å². The maximum Gasteiger partial charge on any atom is 0.128 e. The summed E-state index contributed by atoms with van der Waals surface area (Å²) in [7, 11) is 1.98. The topological polar surface area (TPSA) is 66.0 Å². The minimum Gasteiger partial charge on any atom is -0.384 e. The van der Waals surface area contributed by atoms with Crippen LogP contribution in [0.4, 0.5) is 5.82 Å². The van der Waals surface area contributed by atoms with Gasteiger partial charge in [0.25, 0.3) is 0 Å². The van der Waals surface area contributed by atoms with Gasteiger partial charge in [0.1, 0.15) is 11.7 Å². The molecule has 0 aliphatic rings. The van der Waals surface area contributed by atoms with E-state index in [1.807, 2.05) is 36.2 Å². The van der Waals surface area contributed by atoms with Crippen LogP contribution in [0.1, 0.15) is 11.1 Å². The summed E-state index contributed by atoms with van der Waals surface area (Å²) in [6.07, 6.45) is 1.62. The predicted molar refractivity (Wildman–Crippen MR) is 81.5 cm³/mol. The van der Waals surface area contributed by atoms with E-state index in [2.05, 4.69) is 33.0 Å². The molecule has 5 heteroatoms. The average molecular weight is 319 g/mol. The number of hydrogen-bond donors (Lipinski definition) is 2. The second-order valence-corrected chi connectivity index (χ2v) is 5.22. The third-order valence-corrected chi connectivity index (χ3v) is 3.31. The molecule has 0 bridgehead atoms. The molecule has 0 unspecified atom stereocenters. The first kappa shape index (κ1) is 13.5. The summed E-state index contributed by atoms with van der Waals surface area (Å²) in [5, 5.41) is 7.33. The highest BCUT2D eigenvalue weighted by Gasteiger charge is 2.04. The molecule has 0 aliphatic carbocycles. The fourth-order valence-corrected chi connectivity index (χ4v) is 1.98. The third kappa shape index (κ3) is 3.54. The maximum absolute atomic E-state index is 7.33. The van der Waals surface area contributed by atoms with Crippen LogP contribution in [0.25, 0.3) is 0 Å². The average Bonchev–Trinajstić information content (AvgIpc) is 2.41. The molecule has 2 rings (SSSR count). The van der Waals surface area contributed by atoms with Crippen molar-refractivity contribution in [2.75, 3.05) is 11.9 Å². The second kappa shape index (κ2) is 5.84. The van der Waals surface area contributed by atoms with Crippen LogP contribution in [0.3, 0.4) is 0 Å². The van der Waals surface area contributed by atoms with Crippen molar-refractivity contribution in [1.82, 2.24) is 4.98 Å². The molecule has 4 nitrogen and oxygen atoms in total. The number of benzene rings is 1. The summed E-state index contributed by atoms with van der Waals surface area (Å²) in [4.78, 5) is 6.36. The summed E-state index contributed by atoms with van der Waals surface area (Å²) < 4.78 is 1.07. The third-order valence-electron chi connectivity index (χ3n) is 2.78. The van der Waals surface area contributed by atoms with Crippen LogP contribution < -0.4 is 10.6 Å². The van der Waals surface area contributed by atoms with Gasteiger partial charge in [-0.15, -0.1) is 0 Å². The Balaban J connectivity index is 2.09. The van der Waals surface area contributed by atoms with E-state index in [4.69, 9.17) is 11.1 Å². The molecular formula is C14H15BrN4. The smallest absolute Gasteiger partial charge is 0.128 e. The van der Waals surface area contributed by atoms with Crippen LogP contribution in [-0.4, -0.2) is 17.9 Å². The van der Waals surface area contributed by atoms with Gasteiger partial charge in [-0.3, -0.25) is 5.41 Å². The van der Waals surface area contributed by atoms with Crippen molar-refractivity contribution in [3.05, 3.63) is 58.2 Å². The van der Waals surface area contributed by atoms with Gasteiger partial charge in [-0.05, 0) is 29.8 Å². The van der Waals surface area contributed by atoms with Gasteiger partial charge >= 0.3 is 0 Å². The van der Waals surface area contributed by atoms with E-state index < -0.39 is 0 Å². The van der Waals surface area contributed by atoms with E-state index >= 15 is 0 Å². The fourth-order valence-electron chi connectivity index (χ4n) is 1.72. The quantitative estimate of drug-likeness (QED) is 0.673. The Hall–Kier alpha value is -1.88. The molecule has 0 amide bonds. The lowest BCUT2D eigenvalue weighted by atomic mass is 10.2. The van der Waals surface area contributed by atoms with Crippen molar-refractivity contribution in [3.8, 4) is 0 Å². The highest BCUT2D eigenvalue weighted by molar-refractivity contribution is 9.10. The molecule has 1 aromatic heterocycles. The number of halogens is 1. The summed E-state index contributed by atoms with van der Waals surface area (Å²) in [5.41, 5.74) is 7.25. The predicted octanol–water partition coefficient (Wildman–Crippen LogP) is 2.76. The Morgan fingerprint density at radius 2 is 1.95 bits per heavy atom. The molecule has 0 spiro atoms. The molecule has 1 aromatic carbocycles. The number of nitrogens with two attached hydrogens (primary N) is 1. The molecule has 1 heterocycles. The van der Waals surface area contributed by atoms with Crippen molar-refractivity contribution in [3.63, 3.8) is 0 Å². The van der Waals surface area contributed by atoms with E-state index in [0.29, 0.717) is 5.56 Å². The highest BCUT2D eigenvalue weighted by Crippen LogP contribution is 2.15. The van der Waals surface area contributed by atoms with Gasteiger partial charge in [-0.1, -0.05) is 28.1 Å². The van der Waals surface area contributed by atoms with E-state index in [9.17, 15) is 0 Å². The first-order valence-corrected chi connectivity index (χ1v) is 6.61. The largest absolute Gasteiger partial charge is 0.384 e. The summed E-state index contributed by atoms with van der Waals surface area (Å²) in [6, 6.07) is 11.9. The lowest BCUT2D eigenvalue weighted by Gasteiger charge is -2.18. The summed E-state index contributed by atoms with van der Waals surface area (Å²) in [5.74, 6) is 0.891. The second-order valence-electron chi connectivity index (χ2n) is 4.30. The number of nitrogen functional groups attached to an aromatic ring is 1. The van der Waals surface area contributed by atoms with Gasteiger partial charge in [-0.25, -0.2) is 4.98 Å². The number of nitrogens with one attached hydrogen (secondary N) is 1. The number of hydrogen-bond acceptors (Lipinski definition) is 3. The Morgan fingerprint density at radius 1 is 1.26 bits per heavy atom. The van der Waals surface area contributed by atoms with Gasteiger partial charge in [-0.2, -0.15) is 0 Å². The minimum absolute atomic E-state index is 0.0367. The SMILES string of the molecule is CN(Cc1ccc(Br)cc1)c1ccc(C(=N)N)cn1. The van der Waals surface area contributed by atoms with Crippen LogP contribution >= 0.6 is 15.9 Å². The lowest BCUT2D eigenvalue weighted by molar-refractivity contribution is 0.897. The molecule has 98 valence electrons. The zero-order valence-corrected chi connectivity index (χ0v) is 12.2. The number of anilines is 1. The van der Waals surface area contributed by atoms with Gasteiger partial charge in [0.15, 0.2) is 0 Å². The van der Waals surface area contributed by atoms with Crippen molar-refractivity contribution in [2.45, 2.75) is 6.54 Å². The first-order valence-electron chi connectivity index (χ1n) is 5.82. The normalized spacial score (nSPS) is 10.2. The fraction of sp³-hybridized carbons (Fsp3) is 0.143. The first-order chi connectivity index (χ1) is 9.06. The van der Waals surface area contributed by atoms with Crippen molar-refractivity contribution >= 4 is 27.6 Å². The Morgan fingerprint density at radius 3 is 2.47 bits per heavy atom. The molecule has 0 atom stereocenters. The molecular weight excluding hydrogens is 304 g/mol. The van der Waals surface area contributed by atoms with Crippen molar-refractivity contribution < 1.29 is 0 Å². The molecule has 2 aromatic rings. The lowest BCUT2D eigenvalue weighted by Crippen LogP contribution is -2.18. The molecule has 3 N–H and O–H groups in total. The van der Waals surface area contributed by atoms with Gasteiger partial charge in [0.05, 0.1) is 0 Å². The number of rotatable bonds is 4. The van der Waals surface area contributed by atoms with Crippen LogP contribution in [-0.2, 0) is 6.54 Å². The Bertz CT molecular complexity index is 563. The Kier molecular flexibility index (Phi) is 4.16. The van der Waals surface area contributed by atoms with E-state index in [1.54, 1.807) is 6.20 Å². The molecule has 0 radical (unpaired) electrons. The number of aromatic nitrogens is 1. The van der Waals surface area contributed by atoms with Crippen molar-refractivity contribution in [2.24, 2.45) is 5.73 Å². The standard InChI is InChI=1S/C14H15BrN4/c1-19(9-10-2-5-12(15)6-3-10)13-7-4-11(8-18-13)14(16)17/h2-8H,9H2,1H3,(H3,16,17). The highest BCUT2D eigenvalue weighted by atomic mass is 79.9. The van der Waals surface area contributed by atoms with E-state index in [0.717, 1.165) is 16.8 Å². The number of nitrogens with zero attached hydrogens (tertiary/aromatic N) is 2. The number of amidine groups is 1. The molecule has 0 aliphatic heterocycles. The van der Waals surface area contributed by atoms with Crippen molar-refractivity contribution in [1.29, 1.82) is 5.41 Å². The molecule has 0 saturated heterocycles. The summed E-state index contributed by atoms with van der Waals surface area (Å²) >= 11 is 3.42.